The van der Waals surface area contributed by atoms with Gasteiger partial charge in [0.1, 0.15) is 17.2 Å². The molecule has 8 heteroatoms. The maximum Gasteiger partial charge on any atom is 0.192 e. The number of amidine groups is 1. The SMILES string of the molecule is Cn1ncnc1Sc1nnccc1C(=N)N. The Morgan fingerprint density at radius 1 is 1.56 bits per heavy atom. The Kier molecular flexibility index (Phi) is 2.82. The lowest BCUT2D eigenvalue weighted by Gasteiger charge is -2.03. The van der Waals surface area contributed by atoms with Crippen molar-refractivity contribution in [2.45, 2.75) is 10.2 Å². The van der Waals surface area contributed by atoms with Crippen LogP contribution >= 0.6 is 11.8 Å². The summed E-state index contributed by atoms with van der Waals surface area (Å²) in [4.78, 5) is 4.05. The number of nitrogens with two attached hydrogens (primary N) is 1. The van der Waals surface area contributed by atoms with Gasteiger partial charge < -0.3 is 5.73 Å². The zero-order chi connectivity index (χ0) is 11.5. The van der Waals surface area contributed by atoms with Crippen LogP contribution < -0.4 is 5.73 Å². The van der Waals surface area contributed by atoms with E-state index in [1.807, 2.05) is 0 Å². The fourth-order valence-corrected chi connectivity index (χ4v) is 1.89. The summed E-state index contributed by atoms with van der Waals surface area (Å²) in [6.45, 7) is 0. The topological polar surface area (TPSA) is 106 Å². The summed E-state index contributed by atoms with van der Waals surface area (Å²) in [6.07, 6.45) is 2.95. The Morgan fingerprint density at radius 3 is 3.00 bits per heavy atom. The van der Waals surface area contributed by atoms with E-state index >= 15 is 0 Å². The molecule has 2 aromatic heterocycles. The lowest BCUT2D eigenvalue weighted by molar-refractivity contribution is 0.684. The average Bonchev–Trinajstić information content (AvgIpc) is 2.65. The molecule has 0 aromatic carbocycles. The number of rotatable bonds is 3. The quantitative estimate of drug-likeness (QED) is 0.574. The van der Waals surface area contributed by atoms with E-state index in [-0.39, 0.29) is 5.84 Å². The molecule has 0 bridgehead atoms. The standard InChI is InChI=1S/C8H9N7S/c1-15-8(11-4-13-15)16-7-5(6(9)10)2-3-12-14-7/h2-4H,1H3,(H3,9,10). The van der Waals surface area contributed by atoms with Gasteiger partial charge in [-0.25, -0.2) is 9.67 Å². The molecule has 0 aliphatic rings. The lowest BCUT2D eigenvalue weighted by atomic mass is 10.3. The molecule has 0 amide bonds. The molecule has 2 heterocycles. The number of aromatic nitrogens is 5. The second-order valence-corrected chi connectivity index (χ2v) is 3.89. The van der Waals surface area contributed by atoms with Crippen LogP contribution in [0.2, 0.25) is 0 Å². The van der Waals surface area contributed by atoms with E-state index < -0.39 is 0 Å². The first-order valence-corrected chi connectivity index (χ1v) is 5.18. The van der Waals surface area contributed by atoms with Gasteiger partial charge >= 0.3 is 0 Å². The minimum absolute atomic E-state index is 0.0421. The highest BCUT2D eigenvalue weighted by molar-refractivity contribution is 7.99. The van der Waals surface area contributed by atoms with Crippen molar-refractivity contribution in [2.24, 2.45) is 12.8 Å². The molecule has 0 aliphatic heterocycles. The van der Waals surface area contributed by atoms with Crippen LogP contribution in [0, 0.1) is 5.41 Å². The monoisotopic (exact) mass is 235 g/mol. The molecular weight excluding hydrogens is 226 g/mol. The van der Waals surface area contributed by atoms with Crippen LogP contribution in [0.3, 0.4) is 0 Å². The third kappa shape index (κ3) is 2.01. The molecule has 3 N–H and O–H groups in total. The maximum absolute atomic E-state index is 7.41. The van der Waals surface area contributed by atoms with Gasteiger partial charge in [-0.05, 0) is 17.8 Å². The summed E-state index contributed by atoms with van der Waals surface area (Å²) in [6, 6.07) is 1.65. The van der Waals surface area contributed by atoms with Crippen molar-refractivity contribution in [2.75, 3.05) is 0 Å². The fraction of sp³-hybridized carbons (Fsp3) is 0.125. The molecule has 0 atom stereocenters. The normalized spacial score (nSPS) is 10.3. The van der Waals surface area contributed by atoms with Crippen molar-refractivity contribution < 1.29 is 0 Å². The van der Waals surface area contributed by atoms with Gasteiger partial charge in [0.25, 0.3) is 0 Å². The van der Waals surface area contributed by atoms with Crippen LogP contribution in [0.5, 0.6) is 0 Å². The van der Waals surface area contributed by atoms with Gasteiger partial charge in [-0.3, -0.25) is 5.41 Å². The van der Waals surface area contributed by atoms with Gasteiger partial charge in [-0.2, -0.15) is 10.2 Å². The zero-order valence-corrected chi connectivity index (χ0v) is 9.27. The molecule has 82 valence electrons. The molecule has 0 spiro atoms. The number of nitrogens with one attached hydrogen (secondary N) is 1. The summed E-state index contributed by atoms with van der Waals surface area (Å²) in [5, 5.41) is 20.3. The second kappa shape index (κ2) is 4.27. The number of aryl methyl sites for hydroxylation is 1. The van der Waals surface area contributed by atoms with Gasteiger partial charge in [0.15, 0.2) is 5.16 Å². The Hall–Kier alpha value is -1.96. The molecule has 2 aromatic rings. The summed E-state index contributed by atoms with van der Waals surface area (Å²) in [5.74, 6) is -0.0421. The largest absolute Gasteiger partial charge is 0.384 e. The summed E-state index contributed by atoms with van der Waals surface area (Å²) in [5.41, 5.74) is 5.99. The average molecular weight is 235 g/mol. The molecular formula is C8H9N7S. The lowest BCUT2D eigenvalue weighted by Crippen LogP contribution is -2.13. The minimum atomic E-state index is -0.0421. The van der Waals surface area contributed by atoms with E-state index in [2.05, 4.69) is 20.3 Å². The Labute approximate surface area is 95.6 Å². The maximum atomic E-state index is 7.41. The van der Waals surface area contributed by atoms with E-state index in [1.54, 1.807) is 17.8 Å². The Bertz CT molecular complexity index is 521. The molecule has 0 unspecified atom stereocenters. The van der Waals surface area contributed by atoms with Crippen LogP contribution in [0.15, 0.2) is 28.8 Å². The van der Waals surface area contributed by atoms with Crippen LogP contribution in [-0.2, 0) is 7.05 Å². The molecule has 0 fully saturated rings. The van der Waals surface area contributed by atoms with Gasteiger partial charge in [0, 0.05) is 7.05 Å². The van der Waals surface area contributed by atoms with Gasteiger partial charge in [0.05, 0.1) is 11.8 Å². The summed E-state index contributed by atoms with van der Waals surface area (Å²) < 4.78 is 1.61. The van der Waals surface area contributed by atoms with Gasteiger partial charge in [-0.1, -0.05) is 0 Å². The van der Waals surface area contributed by atoms with E-state index in [4.69, 9.17) is 11.1 Å². The predicted octanol–water partition coefficient (Wildman–Crippen LogP) is 0.0404. The molecule has 0 radical (unpaired) electrons. The highest BCUT2D eigenvalue weighted by Crippen LogP contribution is 2.25. The highest BCUT2D eigenvalue weighted by Gasteiger charge is 2.11. The van der Waals surface area contributed by atoms with Gasteiger partial charge in [0.2, 0.25) is 0 Å². The highest BCUT2D eigenvalue weighted by atomic mass is 32.2. The van der Waals surface area contributed by atoms with Crippen molar-refractivity contribution >= 4 is 17.6 Å². The molecule has 16 heavy (non-hydrogen) atoms. The van der Waals surface area contributed by atoms with Crippen molar-refractivity contribution in [3.05, 3.63) is 24.2 Å². The molecule has 2 rings (SSSR count). The molecule has 7 nitrogen and oxygen atoms in total. The third-order valence-corrected chi connectivity index (χ3v) is 2.88. The van der Waals surface area contributed by atoms with Crippen LogP contribution in [0.25, 0.3) is 0 Å². The van der Waals surface area contributed by atoms with Gasteiger partial charge in [-0.15, -0.1) is 5.10 Å². The Morgan fingerprint density at radius 2 is 2.38 bits per heavy atom. The zero-order valence-electron chi connectivity index (χ0n) is 8.45. The minimum Gasteiger partial charge on any atom is -0.384 e. The number of nitrogens with zero attached hydrogens (tertiary/aromatic N) is 5. The predicted molar refractivity (Wildman–Crippen MR) is 58.2 cm³/mol. The first kappa shape index (κ1) is 10.6. The van der Waals surface area contributed by atoms with Crippen LogP contribution in [0.4, 0.5) is 0 Å². The van der Waals surface area contributed by atoms with E-state index in [0.29, 0.717) is 15.7 Å². The Balaban J connectivity index is 2.35. The molecule has 0 aliphatic carbocycles. The van der Waals surface area contributed by atoms with Crippen molar-refractivity contribution in [1.29, 1.82) is 5.41 Å². The van der Waals surface area contributed by atoms with Crippen molar-refractivity contribution in [3.63, 3.8) is 0 Å². The molecule has 0 saturated carbocycles. The van der Waals surface area contributed by atoms with Crippen LogP contribution in [-0.4, -0.2) is 30.8 Å². The van der Waals surface area contributed by atoms with E-state index in [9.17, 15) is 0 Å². The van der Waals surface area contributed by atoms with Crippen molar-refractivity contribution in [1.82, 2.24) is 25.0 Å². The van der Waals surface area contributed by atoms with E-state index in [0.717, 1.165) is 0 Å². The third-order valence-electron chi connectivity index (χ3n) is 1.83. The number of hydrogen-bond acceptors (Lipinski definition) is 6. The second-order valence-electron chi connectivity index (χ2n) is 2.93. The summed E-state index contributed by atoms with van der Waals surface area (Å²) in [7, 11) is 1.78. The molecule has 0 saturated heterocycles. The number of hydrogen-bond donors (Lipinski definition) is 2. The van der Waals surface area contributed by atoms with E-state index in [1.165, 1.54) is 24.3 Å². The smallest absolute Gasteiger partial charge is 0.192 e. The fourth-order valence-electron chi connectivity index (χ4n) is 1.06. The first-order chi connectivity index (χ1) is 7.68. The summed E-state index contributed by atoms with van der Waals surface area (Å²) >= 11 is 1.27. The van der Waals surface area contributed by atoms with Crippen LogP contribution in [0.1, 0.15) is 5.56 Å². The van der Waals surface area contributed by atoms with Crippen molar-refractivity contribution in [3.8, 4) is 0 Å². The first-order valence-electron chi connectivity index (χ1n) is 4.36. The number of nitrogen functional groups attached to an aromatic ring is 1.